The van der Waals surface area contributed by atoms with Gasteiger partial charge >= 0.3 is 0 Å². The predicted octanol–water partition coefficient (Wildman–Crippen LogP) is 1.93. The maximum absolute atomic E-state index is 12.4. The minimum Gasteiger partial charge on any atom is -0.504 e. The Kier molecular flexibility index (Phi) is 3.66. The van der Waals surface area contributed by atoms with Gasteiger partial charge in [-0.15, -0.1) is 0 Å². The molecule has 0 saturated carbocycles. The Hall–Kier alpha value is -2.14. The van der Waals surface area contributed by atoms with Crippen LogP contribution in [0.25, 0.3) is 0 Å². The third kappa shape index (κ3) is 2.66. The maximum atomic E-state index is 12.4. The van der Waals surface area contributed by atoms with E-state index in [1.807, 2.05) is 0 Å². The standard InChI is InChI=1S/C14H12O4S/c1-9-7-11(15)14(17)12(16)8-13(9)19(18)10-5-3-2-4-6-10/h2-8H,1H3,(H2,15,16,17). The highest BCUT2D eigenvalue weighted by atomic mass is 32.2. The first-order valence-electron chi connectivity index (χ1n) is 5.54. The van der Waals surface area contributed by atoms with Gasteiger partial charge in [0.2, 0.25) is 11.2 Å². The Balaban J connectivity index is 2.65. The third-order valence-electron chi connectivity index (χ3n) is 2.64. The lowest BCUT2D eigenvalue weighted by atomic mass is 10.3. The normalized spacial score (nSPS) is 12.1. The van der Waals surface area contributed by atoms with Crippen molar-refractivity contribution in [1.29, 1.82) is 0 Å². The lowest BCUT2D eigenvalue weighted by Gasteiger charge is -2.03. The summed E-state index contributed by atoms with van der Waals surface area (Å²) in [6.07, 6.45) is 0. The van der Waals surface area contributed by atoms with Crippen LogP contribution in [0.3, 0.4) is 0 Å². The Morgan fingerprint density at radius 2 is 1.68 bits per heavy atom. The van der Waals surface area contributed by atoms with E-state index in [2.05, 4.69) is 0 Å². The van der Waals surface area contributed by atoms with Crippen molar-refractivity contribution in [3.8, 4) is 11.5 Å². The van der Waals surface area contributed by atoms with E-state index >= 15 is 0 Å². The molecule has 4 nitrogen and oxygen atoms in total. The zero-order valence-corrected chi connectivity index (χ0v) is 11.0. The summed E-state index contributed by atoms with van der Waals surface area (Å²) in [5.41, 5.74) is -0.255. The van der Waals surface area contributed by atoms with E-state index in [1.54, 1.807) is 37.3 Å². The fourth-order valence-corrected chi connectivity index (χ4v) is 2.87. The molecule has 98 valence electrons. The summed E-state index contributed by atoms with van der Waals surface area (Å²) in [6.45, 7) is 1.61. The minimum atomic E-state index is -1.53. The molecule has 5 heteroatoms. The molecular formula is C14H12O4S. The van der Waals surface area contributed by atoms with Gasteiger partial charge in [-0.1, -0.05) is 18.2 Å². The summed E-state index contributed by atoms with van der Waals surface area (Å²) in [7, 11) is -1.53. The fraction of sp³-hybridized carbons (Fsp3) is 0.0714. The van der Waals surface area contributed by atoms with Gasteiger partial charge in [-0.3, -0.25) is 4.79 Å². The monoisotopic (exact) mass is 276 g/mol. The summed E-state index contributed by atoms with van der Waals surface area (Å²) in [5, 5.41) is 19.0. The highest BCUT2D eigenvalue weighted by molar-refractivity contribution is 7.85. The molecule has 0 fully saturated rings. The Bertz CT molecular complexity index is 696. The van der Waals surface area contributed by atoms with Crippen molar-refractivity contribution in [3.05, 3.63) is 58.3 Å². The molecule has 2 N–H and O–H groups in total. The summed E-state index contributed by atoms with van der Waals surface area (Å²) in [5.74, 6) is -1.31. The van der Waals surface area contributed by atoms with Gasteiger partial charge in [-0.25, -0.2) is 4.21 Å². The number of hydrogen-bond donors (Lipinski definition) is 2. The van der Waals surface area contributed by atoms with Crippen LogP contribution in [0.1, 0.15) is 5.56 Å². The van der Waals surface area contributed by atoms with Crippen molar-refractivity contribution in [2.75, 3.05) is 0 Å². The molecule has 0 aliphatic carbocycles. The molecule has 0 saturated heterocycles. The Morgan fingerprint density at radius 3 is 2.32 bits per heavy atom. The van der Waals surface area contributed by atoms with E-state index in [-0.39, 0.29) is 0 Å². The first kappa shape index (κ1) is 13.3. The molecule has 1 atom stereocenters. The highest BCUT2D eigenvalue weighted by Crippen LogP contribution is 2.25. The summed E-state index contributed by atoms with van der Waals surface area (Å²) < 4.78 is 12.4. The lowest BCUT2D eigenvalue weighted by molar-refractivity contribution is 0.401. The van der Waals surface area contributed by atoms with E-state index in [4.69, 9.17) is 0 Å². The van der Waals surface area contributed by atoms with Crippen molar-refractivity contribution in [2.24, 2.45) is 0 Å². The number of hydrogen-bond acceptors (Lipinski definition) is 4. The summed E-state index contributed by atoms with van der Waals surface area (Å²) in [6, 6.07) is 11.0. The summed E-state index contributed by atoms with van der Waals surface area (Å²) >= 11 is 0. The molecule has 0 heterocycles. The molecule has 2 aromatic carbocycles. The van der Waals surface area contributed by atoms with Gasteiger partial charge in [-0.2, -0.15) is 0 Å². The van der Waals surface area contributed by atoms with Crippen LogP contribution in [0.2, 0.25) is 0 Å². The summed E-state index contributed by atoms with van der Waals surface area (Å²) in [4.78, 5) is 12.3. The smallest absolute Gasteiger partial charge is 0.224 e. The Morgan fingerprint density at radius 1 is 1.05 bits per heavy atom. The van der Waals surface area contributed by atoms with Gasteiger partial charge in [0.05, 0.1) is 15.7 Å². The number of aryl methyl sites for hydroxylation is 1. The Labute approximate surface area is 112 Å². The van der Waals surface area contributed by atoms with E-state index in [0.29, 0.717) is 15.4 Å². The molecule has 2 aromatic rings. The zero-order valence-electron chi connectivity index (χ0n) is 10.2. The molecule has 0 aromatic heterocycles. The van der Waals surface area contributed by atoms with Gasteiger partial charge in [0.1, 0.15) is 0 Å². The lowest BCUT2D eigenvalue weighted by Crippen LogP contribution is -1.96. The van der Waals surface area contributed by atoms with E-state index in [1.165, 1.54) is 0 Å². The van der Waals surface area contributed by atoms with Crippen LogP contribution in [0.15, 0.2) is 57.1 Å². The second kappa shape index (κ2) is 5.24. The van der Waals surface area contributed by atoms with Gasteiger partial charge < -0.3 is 10.2 Å². The van der Waals surface area contributed by atoms with Crippen molar-refractivity contribution < 1.29 is 14.4 Å². The predicted molar refractivity (Wildman–Crippen MR) is 71.9 cm³/mol. The second-order valence-electron chi connectivity index (χ2n) is 4.02. The minimum absolute atomic E-state index is 0.293. The average Bonchev–Trinajstić information content (AvgIpc) is 2.51. The fourth-order valence-electron chi connectivity index (χ4n) is 1.64. The van der Waals surface area contributed by atoms with E-state index in [9.17, 15) is 19.2 Å². The molecular weight excluding hydrogens is 264 g/mol. The van der Waals surface area contributed by atoms with Crippen LogP contribution in [0.4, 0.5) is 0 Å². The van der Waals surface area contributed by atoms with Crippen LogP contribution < -0.4 is 5.43 Å². The maximum Gasteiger partial charge on any atom is 0.224 e. The van der Waals surface area contributed by atoms with Crippen LogP contribution in [0.5, 0.6) is 11.5 Å². The number of aromatic hydroxyl groups is 2. The molecule has 1 unspecified atom stereocenters. The van der Waals surface area contributed by atoms with Crippen molar-refractivity contribution in [2.45, 2.75) is 16.7 Å². The van der Waals surface area contributed by atoms with Crippen LogP contribution in [-0.4, -0.2) is 14.4 Å². The molecule has 0 spiro atoms. The molecule has 0 aliphatic rings. The van der Waals surface area contributed by atoms with Gasteiger partial charge in [-0.05, 0) is 30.7 Å². The highest BCUT2D eigenvalue weighted by Gasteiger charge is 2.13. The molecule has 2 rings (SSSR count). The molecule has 19 heavy (non-hydrogen) atoms. The number of rotatable bonds is 2. The SMILES string of the molecule is Cc1cc(=O)c(O)c(O)cc1S(=O)c1ccccc1. The van der Waals surface area contributed by atoms with E-state index in [0.717, 1.165) is 12.1 Å². The molecule has 0 amide bonds. The molecule has 0 radical (unpaired) electrons. The average molecular weight is 276 g/mol. The third-order valence-corrected chi connectivity index (χ3v) is 4.18. The first-order valence-corrected chi connectivity index (χ1v) is 6.69. The van der Waals surface area contributed by atoms with Crippen LogP contribution in [0, 0.1) is 6.92 Å². The van der Waals surface area contributed by atoms with Crippen LogP contribution >= 0.6 is 0 Å². The molecule has 0 bridgehead atoms. The quantitative estimate of drug-likeness (QED) is 0.879. The zero-order chi connectivity index (χ0) is 14.0. The topological polar surface area (TPSA) is 74.6 Å². The largest absolute Gasteiger partial charge is 0.504 e. The second-order valence-corrected chi connectivity index (χ2v) is 5.46. The van der Waals surface area contributed by atoms with Crippen molar-refractivity contribution in [1.82, 2.24) is 0 Å². The van der Waals surface area contributed by atoms with Gasteiger partial charge in [0.15, 0.2) is 5.75 Å². The van der Waals surface area contributed by atoms with Gasteiger partial charge in [0, 0.05) is 11.0 Å². The van der Waals surface area contributed by atoms with E-state index < -0.39 is 27.7 Å². The van der Waals surface area contributed by atoms with Crippen molar-refractivity contribution >= 4 is 10.8 Å². The van der Waals surface area contributed by atoms with Crippen LogP contribution in [-0.2, 0) is 10.8 Å². The first-order chi connectivity index (χ1) is 9.00. The van der Waals surface area contributed by atoms with Gasteiger partial charge in [0.25, 0.3) is 0 Å². The van der Waals surface area contributed by atoms with Crippen molar-refractivity contribution in [3.63, 3.8) is 0 Å². The number of benzene rings is 1. The molecule has 0 aliphatic heterocycles.